The van der Waals surface area contributed by atoms with Crippen LogP contribution in [-0.4, -0.2) is 129 Å². The monoisotopic (exact) mass is 678 g/mol. The van der Waals surface area contributed by atoms with Gasteiger partial charge in [-0.2, -0.15) is 0 Å². The number of rotatable bonds is 5. The van der Waals surface area contributed by atoms with E-state index in [0.29, 0.717) is 24.1 Å². The summed E-state index contributed by atoms with van der Waals surface area (Å²) in [6.45, 7) is 15.3. The summed E-state index contributed by atoms with van der Waals surface area (Å²) in [5.74, 6) is 3.16. The molecule has 0 saturated carbocycles. The number of ether oxygens (including phenoxy) is 2. The number of benzene rings is 2. The Bertz CT molecular complexity index is 1830. The van der Waals surface area contributed by atoms with Gasteiger partial charge in [-0.25, -0.2) is 9.97 Å². The van der Waals surface area contributed by atoms with Gasteiger partial charge in [0, 0.05) is 96.9 Å². The molecule has 0 spiro atoms. The largest absolute Gasteiger partial charge is 0.379 e. The fraction of sp³-hybridized carbons (Fsp3) is 0.650. The molecule has 0 bridgehead atoms. The number of imidazole rings is 2. The van der Waals surface area contributed by atoms with Gasteiger partial charge in [0.25, 0.3) is 0 Å². The molecular weight excluding hydrogens is 624 g/mol. The van der Waals surface area contributed by atoms with Crippen molar-refractivity contribution < 1.29 is 9.47 Å². The van der Waals surface area contributed by atoms with Crippen LogP contribution in [0.3, 0.4) is 0 Å². The first-order valence-corrected chi connectivity index (χ1v) is 19.8. The van der Waals surface area contributed by atoms with E-state index >= 15 is 0 Å². The predicted octanol–water partition coefficient (Wildman–Crippen LogP) is 4.17. The summed E-state index contributed by atoms with van der Waals surface area (Å²) in [6, 6.07) is 15.3. The zero-order valence-electron chi connectivity index (χ0n) is 29.7. The lowest BCUT2D eigenvalue weighted by atomic mass is 9.86. The molecule has 0 N–H and O–H groups in total. The highest BCUT2D eigenvalue weighted by Gasteiger charge is 2.37. The lowest BCUT2D eigenvalue weighted by molar-refractivity contribution is -0.0794. The third-order valence-corrected chi connectivity index (χ3v) is 13.1. The SMILES string of the molecule is c1cc2c(cc1CN1CCOCC1)nc1n2CCN2CC(C3CN(Cc4ccc5c(c4)nc4n5CCN5CCCCC5C4)CCO3)CCC2C1. The van der Waals surface area contributed by atoms with E-state index in [4.69, 9.17) is 19.4 Å². The number of fused-ring (bicyclic) bond motifs is 8. The van der Waals surface area contributed by atoms with Gasteiger partial charge in [-0.05, 0) is 73.5 Å². The zero-order valence-corrected chi connectivity index (χ0v) is 29.7. The Hall–Kier alpha value is -2.86. The van der Waals surface area contributed by atoms with Gasteiger partial charge in [-0.1, -0.05) is 18.6 Å². The van der Waals surface area contributed by atoms with Gasteiger partial charge in [0.2, 0.25) is 0 Å². The molecule has 266 valence electrons. The van der Waals surface area contributed by atoms with Gasteiger partial charge in [-0.3, -0.25) is 19.6 Å². The summed E-state index contributed by atoms with van der Waals surface area (Å²) in [6.07, 6.45) is 8.98. The van der Waals surface area contributed by atoms with Crippen LogP contribution in [0.4, 0.5) is 0 Å². The summed E-state index contributed by atoms with van der Waals surface area (Å²) in [5, 5.41) is 0. The molecule has 10 heteroatoms. The molecule has 6 aliphatic rings. The van der Waals surface area contributed by atoms with Crippen LogP contribution in [-0.2, 0) is 48.5 Å². The number of hydrogen-bond acceptors (Lipinski definition) is 8. The van der Waals surface area contributed by atoms with E-state index in [1.54, 1.807) is 0 Å². The summed E-state index contributed by atoms with van der Waals surface area (Å²) >= 11 is 0. The topological polar surface area (TPSA) is 67.1 Å². The molecule has 10 nitrogen and oxygen atoms in total. The Morgan fingerprint density at radius 3 is 2.00 bits per heavy atom. The lowest BCUT2D eigenvalue weighted by Crippen LogP contribution is -2.52. The molecule has 50 heavy (non-hydrogen) atoms. The lowest BCUT2D eigenvalue weighted by Gasteiger charge is -2.44. The van der Waals surface area contributed by atoms with Crippen molar-refractivity contribution >= 4 is 22.1 Å². The molecule has 0 amide bonds. The summed E-state index contributed by atoms with van der Waals surface area (Å²) < 4.78 is 17.1. The quantitative estimate of drug-likeness (QED) is 0.312. The van der Waals surface area contributed by atoms with E-state index in [1.807, 2.05) is 0 Å². The van der Waals surface area contributed by atoms with Crippen LogP contribution in [0, 0.1) is 5.92 Å². The van der Waals surface area contributed by atoms with Crippen molar-refractivity contribution in [3.8, 4) is 0 Å². The summed E-state index contributed by atoms with van der Waals surface area (Å²) in [5.41, 5.74) is 7.73. The molecule has 0 radical (unpaired) electrons. The van der Waals surface area contributed by atoms with E-state index in [1.165, 1.54) is 83.5 Å². The minimum absolute atomic E-state index is 0.307. The molecule has 4 atom stereocenters. The fourth-order valence-corrected chi connectivity index (χ4v) is 10.3. The van der Waals surface area contributed by atoms with Crippen LogP contribution in [0.1, 0.15) is 54.9 Å². The van der Waals surface area contributed by atoms with E-state index in [9.17, 15) is 0 Å². The van der Waals surface area contributed by atoms with Crippen molar-refractivity contribution in [3.05, 3.63) is 59.2 Å². The maximum absolute atomic E-state index is 6.53. The van der Waals surface area contributed by atoms with Crippen LogP contribution < -0.4 is 0 Å². The molecule has 2 aromatic heterocycles. The first-order valence-electron chi connectivity index (χ1n) is 19.8. The minimum atomic E-state index is 0.307. The van der Waals surface area contributed by atoms with Crippen LogP contribution in [0.15, 0.2) is 36.4 Å². The van der Waals surface area contributed by atoms with Crippen molar-refractivity contribution in [2.75, 3.05) is 72.2 Å². The maximum Gasteiger partial charge on any atom is 0.111 e. The molecule has 4 saturated heterocycles. The summed E-state index contributed by atoms with van der Waals surface area (Å²) in [7, 11) is 0. The predicted molar refractivity (Wildman–Crippen MR) is 195 cm³/mol. The van der Waals surface area contributed by atoms with Gasteiger partial charge in [0.05, 0.1) is 48.0 Å². The molecule has 4 aromatic rings. The number of aromatic nitrogens is 4. The molecule has 8 heterocycles. The van der Waals surface area contributed by atoms with Crippen LogP contribution >= 0.6 is 0 Å². The highest BCUT2D eigenvalue weighted by atomic mass is 16.5. The number of hydrogen-bond donors (Lipinski definition) is 0. The third kappa shape index (κ3) is 6.20. The van der Waals surface area contributed by atoms with E-state index in [-0.39, 0.29) is 0 Å². The van der Waals surface area contributed by atoms with Crippen LogP contribution in [0.5, 0.6) is 0 Å². The molecular formula is C40H54N8O2. The van der Waals surface area contributed by atoms with Gasteiger partial charge in [0.15, 0.2) is 0 Å². The van der Waals surface area contributed by atoms with Gasteiger partial charge < -0.3 is 18.6 Å². The minimum Gasteiger partial charge on any atom is -0.379 e. The molecule has 10 rings (SSSR count). The Balaban J connectivity index is 0.772. The molecule has 4 unspecified atom stereocenters. The van der Waals surface area contributed by atoms with Crippen molar-refractivity contribution in [1.82, 2.24) is 38.7 Å². The highest BCUT2D eigenvalue weighted by molar-refractivity contribution is 5.78. The first-order chi connectivity index (χ1) is 24.7. The molecule has 4 fully saturated rings. The molecule has 0 aliphatic carbocycles. The number of piperidine rings is 2. The van der Waals surface area contributed by atoms with E-state index in [2.05, 4.69) is 65.1 Å². The average molecular weight is 679 g/mol. The second kappa shape index (κ2) is 13.6. The van der Waals surface area contributed by atoms with Crippen LogP contribution in [0.2, 0.25) is 0 Å². The second-order valence-electron chi connectivity index (χ2n) is 16.1. The highest BCUT2D eigenvalue weighted by Crippen LogP contribution is 2.33. The van der Waals surface area contributed by atoms with Crippen molar-refractivity contribution in [2.45, 2.75) is 89.3 Å². The molecule has 2 aromatic carbocycles. The summed E-state index contributed by atoms with van der Waals surface area (Å²) in [4.78, 5) is 21.1. The van der Waals surface area contributed by atoms with Crippen molar-refractivity contribution in [2.24, 2.45) is 5.92 Å². The third-order valence-electron chi connectivity index (χ3n) is 13.1. The Kier molecular flexibility index (Phi) is 8.66. The average Bonchev–Trinajstić information content (AvgIpc) is 3.51. The van der Waals surface area contributed by atoms with Crippen molar-refractivity contribution in [1.29, 1.82) is 0 Å². The Morgan fingerprint density at radius 2 is 1.26 bits per heavy atom. The zero-order chi connectivity index (χ0) is 33.0. The van der Waals surface area contributed by atoms with Gasteiger partial charge >= 0.3 is 0 Å². The smallest absolute Gasteiger partial charge is 0.111 e. The van der Waals surface area contributed by atoms with Gasteiger partial charge in [0.1, 0.15) is 11.6 Å². The second-order valence-corrected chi connectivity index (χ2v) is 16.1. The van der Waals surface area contributed by atoms with E-state index < -0.39 is 0 Å². The maximum atomic E-state index is 6.53. The van der Waals surface area contributed by atoms with E-state index in [0.717, 1.165) is 105 Å². The van der Waals surface area contributed by atoms with Crippen LogP contribution in [0.25, 0.3) is 22.1 Å². The Labute approximate surface area is 296 Å². The fourth-order valence-electron chi connectivity index (χ4n) is 10.3. The van der Waals surface area contributed by atoms with Crippen molar-refractivity contribution in [3.63, 3.8) is 0 Å². The Morgan fingerprint density at radius 1 is 0.600 bits per heavy atom. The molecule has 6 aliphatic heterocycles. The van der Waals surface area contributed by atoms with Gasteiger partial charge in [-0.15, -0.1) is 0 Å². The number of nitrogens with zero attached hydrogens (tertiary/aromatic N) is 8. The first kappa shape index (κ1) is 31.8. The normalized spacial score (nSPS) is 28.9. The standard InChI is InChI=1S/C40H54N8O2/c1-2-10-45-11-13-47-36-9-5-30(22-35(36)41-39(47)23-32(45)3-1)26-44-17-20-50-38(28-44)31-6-7-33-24-40-42-34-21-29(25-43-15-18-49-19-16-43)4-8-37(34)48(40)14-12-46(33)27-31/h4-5,8-9,21-22,31-33,38H,1-3,6-7,10-20,23-28H2. The number of morpholine rings is 2.